The fourth-order valence-electron chi connectivity index (χ4n) is 6.81. The Hall–Kier alpha value is -3.50. The van der Waals surface area contributed by atoms with E-state index in [2.05, 4.69) is 133 Å². The summed E-state index contributed by atoms with van der Waals surface area (Å²) in [6.07, 6.45) is 4.79. The number of thiazole rings is 2. The van der Waals surface area contributed by atoms with Gasteiger partial charge in [-0.2, -0.15) is 0 Å². The second-order valence-electron chi connectivity index (χ2n) is 13.6. The van der Waals surface area contributed by atoms with E-state index in [1.165, 1.54) is 57.0 Å². The number of aromatic nitrogens is 2. The number of rotatable bonds is 8. The first kappa shape index (κ1) is 34.0. The SMILES string of the molecule is CN1CCC(NC(c2ccccc2)c2nc3ccccc3s2)CC1.Cc1cccc(C(OC2CCN(C)CC2)c2nc3ccccc3s2)c1. The van der Waals surface area contributed by atoms with Gasteiger partial charge in [0.1, 0.15) is 16.1 Å². The molecule has 2 atom stereocenters. The van der Waals surface area contributed by atoms with Gasteiger partial charge < -0.3 is 19.9 Å². The zero-order chi connectivity index (χ0) is 33.6. The van der Waals surface area contributed by atoms with E-state index in [0.29, 0.717) is 12.1 Å². The molecule has 0 spiro atoms. The summed E-state index contributed by atoms with van der Waals surface area (Å²) >= 11 is 3.55. The molecule has 4 heterocycles. The Kier molecular flexibility index (Phi) is 11.1. The van der Waals surface area contributed by atoms with E-state index < -0.39 is 0 Å². The molecule has 254 valence electrons. The van der Waals surface area contributed by atoms with Crippen molar-refractivity contribution in [3.8, 4) is 0 Å². The number of hydrogen-bond donors (Lipinski definition) is 1. The molecular weight excluding hydrogens is 643 g/mol. The van der Waals surface area contributed by atoms with Crippen LogP contribution in [0.15, 0.2) is 103 Å². The maximum Gasteiger partial charge on any atom is 0.134 e. The Labute approximate surface area is 298 Å². The van der Waals surface area contributed by atoms with Crippen LogP contribution >= 0.6 is 22.7 Å². The van der Waals surface area contributed by atoms with Crippen molar-refractivity contribution < 1.29 is 4.74 Å². The fraction of sp³-hybridized carbons (Fsp3) is 0.366. The third-order valence-corrected chi connectivity index (χ3v) is 11.9. The largest absolute Gasteiger partial charge is 0.363 e. The standard InChI is InChI=1S/C21H24N2OS.C20H23N3S/c1-15-6-5-7-16(14-15)20(24-17-10-12-23(2)13-11-17)21-22-18-8-3-4-9-19(18)25-21;1-23-13-11-16(12-14-23)21-19(15-7-3-2-4-8-15)20-22-17-9-5-6-10-18(17)24-20/h3-9,14,17,20H,10-13H2,1-2H3;2-10,16,19,21H,11-14H2,1H3. The highest BCUT2D eigenvalue weighted by Gasteiger charge is 2.27. The van der Waals surface area contributed by atoms with Crippen molar-refractivity contribution in [3.05, 3.63) is 130 Å². The molecule has 0 aliphatic carbocycles. The minimum atomic E-state index is -0.0780. The van der Waals surface area contributed by atoms with E-state index in [9.17, 15) is 0 Å². The number of nitrogens with one attached hydrogen (secondary N) is 1. The van der Waals surface area contributed by atoms with Gasteiger partial charge in [0.25, 0.3) is 0 Å². The number of aryl methyl sites for hydroxylation is 1. The van der Waals surface area contributed by atoms with E-state index in [1.807, 2.05) is 6.07 Å². The summed E-state index contributed by atoms with van der Waals surface area (Å²) in [5.41, 5.74) is 5.93. The third kappa shape index (κ3) is 8.63. The Bertz CT molecular complexity index is 1860. The topological polar surface area (TPSA) is 53.5 Å². The highest BCUT2D eigenvalue weighted by atomic mass is 32.1. The second-order valence-corrected chi connectivity index (χ2v) is 15.7. The van der Waals surface area contributed by atoms with Crippen LogP contribution in [0.25, 0.3) is 20.4 Å². The van der Waals surface area contributed by atoms with Crippen LogP contribution in [0.5, 0.6) is 0 Å². The van der Waals surface area contributed by atoms with Gasteiger partial charge in [-0.1, -0.05) is 84.4 Å². The lowest BCUT2D eigenvalue weighted by Gasteiger charge is -2.32. The number of hydrogen-bond acceptors (Lipinski definition) is 8. The van der Waals surface area contributed by atoms with Gasteiger partial charge in [0.15, 0.2) is 0 Å². The molecule has 6 aromatic rings. The Morgan fingerprint density at radius 1 is 0.653 bits per heavy atom. The molecule has 0 amide bonds. The number of piperidine rings is 2. The highest BCUT2D eigenvalue weighted by molar-refractivity contribution is 7.19. The average Bonchev–Trinajstić information content (AvgIpc) is 3.76. The van der Waals surface area contributed by atoms with Gasteiger partial charge in [-0.15, -0.1) is 22.7 Å². The van der Waals surface area contributed by atoms with Crippen LogP contribution in [0.2, 0.25) is 0 Å². The summed E-state index contributed by atoms with van der Waals surface area (Å²) < 4.78 is 9.10. The van der Waals surface area contributed by atoms with Crippen LogP contribution in [0.1, 0.15) is 64.5 Å². The van der Waals surface area contributed by atoms with Crippen LogP contribution in [-0.2, 0) is 4.74 Å². The predicted molar refractivity (Wildman–Crippen MR) is 206 cm³/mol. The van der Waals surface area contributed by atoms with Crippen molar-refractivity contribution in [1.82, 2.24) is 25.1 Å². The van der Waals surface area contributed by atoms with Gasteiger partial charge in [0, 0.05) is 19.1 Å². The van der Waals surface area contributed by atoms with Gasteiger partial charge in [-0.25, -0.2) is 9.97 Å². The van der Waals surface area contributed by atoms with Crippen molar-refractivity contribution >= 4 is 43.1 Å². The predicted octanol–water partition coefficient (Wildman–Crippen LogP) is 8.87. The first-order chi connectivity index (χ1) is 24.0. The summed E-state index contributed by atoms with van der Waals surface area (Å²) in [6.45, 7) is 6.67. The van der Waals surface area contributed by atoms with E-state index in [4.69, 9.17) is 14.7 Å². The van der Waals surface area contributed by atoms with Crippen LogP contribution in [-0.4, -0.2) is 72.2 Å². The third-order valence-electron chi connectivity index (χ3n) is 9.68. The van der Waals surface area contributed by atoms with Crippen LogP contribution in [0.3, 0.4) is 0 Å². The lowest BCUT2D eigenvalue weighted by atomic mass is 10.0. The van der Waals surface area contributed by atoms with Gasteiger partial charge in [0.05, 0.1) is 32.6 Å². The molecule has 0 radical (unpaired) electrons. The minimum Gasteiger partial charge on any atom is -0.363 e. The van der Waals surface area contributed by atoms with Gasteiger partial charge >= 0.3 is 0 Å². The molecule has 2 aliphatic rings. The van der Waals surface area contributed by atoms with Crippen molar-refractivity contribution in [2.75, 3.05) is 40.3 Å². The molecule has 2 fully saturated rings. The number of nitrogens with zero attached hydrogens (tertiary/aromatic N) is 4. The van der Waals surface area contributed by atoms with E-state index in [1.54, 1.807) is 22.7 Å². The summed E-state index contributed by atoms with van der Waals surface area (Å²) in [5, 5.41) is 6.12. The van der Waals surface area contributed by atoms with E-state index in [0.717, 1.165) is 42.0 Å². The Morgan fingerprint density at radius 2 is 1.20 bits per heavy atom. The quantitative estimate of drug-likeness (QED) is 0.172. The zero-order valence-corrected chi connectivity index (χ0v) is 30.4. The molecule has 2 saturated heterocycles. The molecule has 0 bridgehead atoms. The molecular formula is C41H47N5OS2. The van der Waals surface area contributed by atoms with Crippen molar-refractivity contribution in [1.29, 1.82) is 0 Å². The van der Waals surface area contributed by atoms with Crippen LogP contribution < -0.4 is 5.32 Å². The molecule has 8 heteroatoms. The first-order valence-corrected chi connectivity index (χ1v) is 19.2. The first-order valence-electron chi connectivity index (χ1n) is 17.6. The molecule has 1 N–H and O–H groups in total. The van der Waals surface area contributed by atoms with Gasteiger partial charge in [0.2, 0.25) is 0 Å². The molecule has 2 unspecified atom stereocenters. The Morgan fingerprint density at radius 3 is 1.84 bits per heavy atom. The molecule has 8 rings (SSSR count). The average molecular weight is 690 g/mol. The van der Waals surface area contributed by atoms with Crippen molar-refractivity contribution in [2.45, 2.75) is 56.9 Å². The number of likely N-dealkylation sites (tertiary alicyclic amines) is 2. The molecule has 0 saturated carbocycles. The zero-order valence-electron chi connectivity index (χ0n) is 28.8. The van der Waals surface area contributed by atoms with Gasteiger partial charge in [-0.05, 0) is 95.2 Å². The minimum absolute atomic E-state index is 0.0780. The van der Waals surface area contributed by atoms with Crippen molar-refractivity contribution in [2.24, 2.45) is 0 Å². The summed E-state index contributed by atoms with van der Waals surface area (Å²) in [4.78, 5) is 14.6. The van der Waals surface area contributed by atoms with E-state index in [-0.39, 0.29) is 12.1 Å². The number of fused-ring (bicyclic) bond motifs is 2. The fourth-order valence-corrected chi connectivity index (χ4v) is 8.90. The van der Waals surface area contributed by atoms with Crippen LogP contribution in [0.4, 0.5) is 0 Å². The monoisotopic (exact) mass is 689 g/mol. The summed E-state index contributed by atoms with van der Waals surface area (Å²) in [7, 11) is 4.39. The molecule has 2 aliphatic heterocycles. The van der Waals surface area contributed by atoms with E-state index >= 15 is 0 Å². The van der Waals surface area contributed by atoms with Crippen LogP contribution in [0, 0.1) is 6.92 Å². The normalized spacial score (nSPS) is 17.9. The highest BCUT2D eigenvalue weighted by Crippen LogP contribution is 2.35. The summed E-state index contributed by atoms with van der Waals surface area (Å²) in [5.74, 6) is 0. The maximum absolute atomic E-state index is 6.62. The molecule has 4 aromatic carbocycles. The maximum atomic E-state index is 6.62. The summed E-state index contributed by atoms with van der Waals surface area (Å²) in [6, 6.07) is 36.9. The lowest BCUT2D eigenvalue weighted by molar-refractivity contribution is -0.0234. The smallest absolute Gasteiger partial charge is 0.134 e. The number of para-hydroxylation sites is 2. The van der Waals surface area contributed by atoms with Crippen molar-refractivity contribution in [3.63, 3.8) is 0 Å². The molecule has 49 heavy (non-hydrogen) atoms. The molecule has 2 aromatic heterocycles. The van der Waals surface area contributed by atoms with Gasteiger partial charge in [-0.3, -0.25) is 0 Å². The number of benzene rings is 4. The molecule has 6 nitrogen and oxygen atoms in total. The second kappa shape index (κ2) is 16.0. The lowest BCUT2D eigenvalue weighted by Crippen LogP contribution is -2.42. The number of ether oxygens (including phenoxy) is 1. The Balaban J connectivity index is 0.000000154.